The third kappa shape index (κ3) is 2.91. The van der Waals surface area contributed by atoms with Gasteiger partial charge in [0.15, 0.2) is 0 Å². The molecule has 0 aliphatic rings. The Morgan fingerprint density at radius 1 is 1.48 bits per heavy atom. The molecule has 21 heavy (non-hydrogen) atoms. The van der Waals surface area contributed by atoms with Crippen LogP contribution in [0.5, 0.6) is 0 Å². The van der Waals surface area contributed by atoms with Crippen LogP contribution in [-0.4, -0.2) is 21.9 Å². The molecular formula is C10H9N6O5+. The number of hydrogen-bond donors (Lipinski definition) is 2. The van der Waals surface area contributed by atoms with E-state index in [1.807, 2.05) is 0 Å². The molecule has 0 saturated heterocycles. The third-order valence-electron chi connectivity index (χ3n) is 2.34. The lowest BCUT2D eigenvalue weighted by Gasteiger charge is -1.99. The van der Waals surface area contributed by atoms with E-state index in [2.05, 4.69) is 24.9 Å². The molecule has 0 aliphatic heterocycles. The maximum atomic E-state index is 11.8. The number of carbonyl (C=O) groups is 1. The Labute approximate surface area is 116 Å². The van der Waals surface area contributed by atoms with Gasteiger partial charge in [-0.2, -0.15) is 0 Å². The number of nitrogens with two attached hydrogens (primary N) is 2. The van der Waals surface area contributed by atoms with E-state index in [1.165, 1.54) is 18.2 Å². The highest BCUT2D eigenvalue weighted by Crippen LogP contribution is 2.18. The van der Waals surface area contributed by atoms with Crippen LogP contribution < -0.4 is 16.6 Å². The molecule has 0 bridgehead atoms. The molecule has 2 rings (SSSR count). The molecule has 0 aliphatic carbocycles. The lowest BCUT2D eigenvalue weighted by atomic mass is 10.2. The summed E-state index contributed by atoms with van der Waals surface area (Å²) in [4.78, 5) is 26.4. The Bertz CT molecular complexity index is 724. The number of H-pyrrole nitrogens is 1. The zero-order valence-electron chi connectivity index (χ0n) is 10.3. The van der Waals surface area contributed by atoms with Crippen LogP contribution in [0.25, 0.3) is 0 Å². The minimum atomic E-state index is -1.05. The van der Waals surface area contributed by atoms with Crippen molar-refractivity contribution in [3.63, 3.8) is 0 Å². The first kappa shape index (κ1) is 13.9. The molecule has 1 aromatic heterocycles. The van der Waals surface area contributed by atoms with Crippen molar-refractivity contribution in [3.05, 3.63) is 45.6 Å². The zero-order valence-corrected chi connectivity index (χ0v) is 10.3. The summed E-state index contributed by atoms with van der Waals surface area (Å²) in [5, 5.41) is 19.7. The van der Waals surface area contributed by atoms with Crippen LogP contribution in [0.2, 0.25) is 0 Å². The monoisotopic (exact) mass is 293 g/mol. The number of benzene rings is 1. The number of nitrogens with one attached hydrogen (secondary N) is 1. The van der Waals surface area contributed by atoms with Crippen molar-refractivity contribution >= 4 is 23.3 Å². The van der Waals surface area contributed by atoms with E-state index in [9.17, 15) is 14.9 Å². The van der Waals surface area contributed by atoms with Crippen molar-refractivity contribution in [3.8, 4) is 0 Å². The summed E-state index contributed by atoms with van der Waals surface area (Å²) in [6, 6.07) is 5.25. The van der Waals surface area contributed by atoms with Crippen molar-refractivity contribution in [1.82, 2.24) is 5.16 Å². The molecule has 0 unspecified atom stereocenters. The SMILES string of the molecule is NC(=NOC(=O)c1ccccc1[N+](=O)[O-])c1no[nH+]c1N. The van der Waals surface area contributed by atoms with Gasteiger partial charge in [0, 0.05) is 6.07 Å². The van der Waals surface area contributed by atoms with E-state index in [-0.39, 0.29) is 22.9 Å². The van der Waals surface area contributed by atoms with E-state index in [1.54, 1.807) is 0 Å². The maximum Gasteiger partial charge on any atom is 0.372 e. The lowest BCUT2D eigenvalue weighted by Crippen LogP contribution is -2.19. The van der Waals surface area contributed by atoms with Crippen molar-refractivity contribution in [2.45, 2.75) is 0 Å². The first-order valence-electron chi connectivity index (χ1n) is 5.42. The molecule has 0 spiro atoms. The van der Waals surface area contributed by atoms with Crippen molar-refractivity contribution in [2.24, 2.45) is 10.9 Å². The number of nitrogens with zero attached hydrogens (tertiary/aromatic N) is 3. The van der Waals surface area contributed by atoms with E-state index < -0.39 is 16.6 Å². The first-order chi connectivity index (χ1) is 10.0. The fourth-order valence-corrected chi connectivity index (χ4v) is 1.39. The third-order valence-corrected chi connectivity index (χ3v) is 2.34. The minimum absolute atomic E-state index is 0.0157. The highest BCUT2D eigenvalue weighted by Gasteiger charge is 2.22. The smallest absolute Gasteiger partial charge is 0.372 e. The summed E-state index contributed by atoms with van der Waals surface area (Å²) in [6.45, 7) is 0. The topological polar surface area (TPSA) is 174 Å². The molecule has 0 saturated carbocycles. The van der Waals surface area contributed by atoms with Gasteiger partial charge in [0.25, 0.3) is 5.69 Å². The number of carbonyl (C=O) groups excluding carboxylic acids is 1. The first-order valence-corrected chi connectivity index (χ1v) is 5.42. The van der Waals surface area contributed by atoms with Crippen molar-refractivity contribution in [1.29, 1.82) is 0 Å². The molecule has 0 radical (unpaired) electrons. The number of para-hydroxylation sites is 1. The van der Waals surface area contributed by atoms with E-state index in [0.29, 0.717) is 0 Å². The largest absolute Gasteiger partial charge is 0.378 e. The van der Waals surface area contributed by atoms with Gasteiger partial charge in [-0.05, 0) is 6.07 Å². The van der Waals surface area contributed by atoms with E-state index >= 15 is 0 Å². The summed E-state index contributed by atoms with van der Waals surface area (Å²) in [5.74, 6) is -1.39. The van der Waals surface area contributed by atoms with Crippen LogP contribution >= 0.6 is 0 Å². The summed E-state index contributed by atoms with van der Waals surface area (Å²) in [5.41, 5.74) is 10.2. The standard InChI is InChI=1S/C10H8N6O5/c11-8(7-9(12)15-21-13-7)14-20-10(17)5-3-1-2-4-6(5)16(18)19/h1-4H,(H2,11,14)(H2,12,15)/p+1. The molecule has 0 fully saturated rings. The molecule has 0 atom stereocenters. The number of nitrogen functional groups attached to an aromatic ring is 1. The fraction of sp³-hybridized carbons (Fsp3) is 0. The summed E-state index contributed by atoms with van der Waals surface area (Å²) >= 11 is 0. The van der Waals surface area contributed by atoms with Crippen molar-refractivity contribution in [2.75, 3.05) is 5.73 Å². The number of aromatic nitrogens is 2. The average Bonchev–Trinajstić information content (AvgIpc) is 2.90. The number of amidine groups is 1. The predicted molar refractivity (Wildman–Crippen MR) is 66.7 cm³/mol. The number of hydrogen-bond acceptors (Lipinski definition) is 8. The van der Waals surface area contributed by atoms with Gasteiger partial charge in [0.05, 0.1) is 10.1 Å². The highest BCUT2D eigenvalue weighted by molar-refractivity contribution is 5.99. The van der Waals surface area contributed by atoms with Crippen LogP contribution in [0.15, 0.2) is 34.1 Å². The van der Waals surface area contributed by atoms with E-state index in [4.69, 9.17) is 11.5 Å². The van der Waals surface area contributed by atoms with Gasteiger partial charge in [-0.15, -0.1) is 4.63 Å². The number of nitro groups is 1. The van der Waals surface area contributed by atoms with Gasteiger partial charge >= 0.3 is 17.5 Å². The van der Waals surface area contributed by atoms with Crippen molar-refractivity contribution < 1.29 is 24.3 Å². The quantitative estimate of drug-likeness (QED) is 0.248. The van der Waals surface area contributed by atoms with Crippen LogP contribution in [0, 0.1) is 10.1 Å². The summed E-state index contributed by atoms with van der Waals surface area (Å²) in [7, 11) is 0. The second-order valence-electron chi connectivity index (χ2n) is 3.68. The van der Waals surface area contributed by atoms with Crippen LogP contribution in [-0.2, 0) is 4.84 Å². The number of nitro benzene ring substituents is 1. The van der Waals surface area contributed by atoms with Crippen LogP contribution in [0.1, 0.15) is 16.1 Å². The normalized spacial score (nSPS) is 11.1. The summed E-state index contributed by atoms with van der Waals surface area (Å²) < 4.78 is 4.42. The second kappa shape index (κ2) is 5.64. The van der Waals surface area contributed by atoms with E-state index in [0.717, 1.165) is 6.07 Å². The predicted octanol–water partition coefficient (Wildman–Crippen LogP) is -0.544. The van der Waals surface area contributed by atoms with Crippen LogP contribution in [0.4, 0.5) is 11.5 Å². The van der Waals surface area contributed by atoms with Gasteiger partial charge in [0.2, 0.25) is 5.84 Å². The molecular weight excluding hydrogens is 284 g/mol. The molecule has 2 aromatic rings. The van der Waals surface area contributed by atoms with Gasteiger partial charge < -0.3 is 16.3 Å². The molecule has 1 aromatic carbocycles. The number of anilines is 1. The molecule has 5 N–H and O–H groups in total. The highest BCUT2D eigenvalue weighted by atomic mass is 16.7. The molecule has 11 heteroatoms. The van der Waals surface area contributed by atoms with Gasteiger partial charge in [-0.1, -0.05) is 22.4 Å². The number of oxime groups is 1. The Kier molecular flexibility index (Phi) is 3.74. The zero-order chi connectivity index (χ0) is 15.4. The molecule has 0 amide bonds. The average molecular weight is 293 g/mol. The fourth-order valence-electron chi connectivity index (χ4n) is 1.39. The maximum absolute atomic E-state index is 11.8. The number of aromatic amines is 1. The van der Waals surface area contributed by atoms with Gasteiger partial charge in [-0.25, -0.2) is 4.79 Å². The molecule has 1 heterocycles. The summed E-state index contributed by atoms with van der Waals surface area (Å²) in [6.07, 6.45) is 0. The Balaban J connectivity index is 2.20. The Morgan fingerprint density at radius 2 is 2.19 bits per heavy atom. The minimum Gasteiger partial charge on any atom is -0.378 e. The second-order valence-corrected chi connectivity index (χ2v) is 3.68. The molecule has 11 nitrogen and oxygen atoms in total. The van der Waals surface area contributed by atoms with Crippen LogP contribution in [0.3, 0.4) is 0 Å². The Morgan fingerprint density at radius 3 is 2.81 bits per heavy atom. The number of rotatable bonds is 4. The van der Waals surface area contributed by atoms with Gasteiger partial charge in [-0.3, -0.25) is 10.1 Å². The Hall–Kier alpha value is -3.50. The molecule has 108 valence electrons. The lowest BCUT2D eigenvalue weighted by molar-refractivity contribution is -0.610. The van der Waals surface area contributed by atoms with Gasteiger partial charge in [0.1, 0.15) is 5.56 Å².